The number of amides is 1. The highest BCUT2D eigenvalue weighted by atomic mass is 16.5. The van der Waals surface area contributed by atoms with E-state index >= 15 is 0 Å². The van der Waals surface area contributed by atoms with Gasteiger partial charge in [-0.05, 0) is 29.8 Å². The molecule has 0 saturated carbocycles. The maximum absolute atomic E-state index is 11.3. The van der Waals surface area contributed by atoms with Crippen molar-refractivity contribution in [3.8, 4) is 17.2 Å². The molecule has 128 valence electrons. The first-order valence-corrected chi connectivity index (χ1v) is 7.48. The van der Waals surface area contributed by atoms with Crippen LogP contribution in [0, 0.1) is 0 Å². The highest BCUT2D eigenvalue weighted by Crippen LogP contribution is 2.38. The number of nitrogens with one attached hydrogen (secondary N) is 2. The Balaban J connectivity index is 2.22. The van der Waals surface area contributed by atoms with E-state index in [1.807, 2.05) is 36.4 Å². The molecule has 0 unspecified atom stereocenters. The zero-order valence-electron chi connectivity index (χ0n) is 14.3. The monoisotopic (exact) mass is 330 g/mol. The lowest BCUT2D eigenvalue weighted by Gasteiger charge is -2.16. The maximum atomic E-state index is 11.3. The minimum absolute atomic E-state index is 0.114. The second-order valence-electron chi connectivity index (χ2n) is 5.11. The van der Waals surface area contributed by atoms with Crippen LogP contribution in [0.2, 0.25) is 0 Å². The van der Waals surface area contributed by atoms with Gasteiger partial charge in [0, 0.05) is 13.5 Å². The summed E-state index contributed by atoms with van der Waals surface area (Å²) < 4.78 is 16.0. The zero-order valence-corrected chi connectivity index (χ0v) is 14.3. The van der Waals surface area contributed by atoms with E-state index < -0.39 is 0 Å². The highest BCUT2D eigenvalue weighted by molar-refractivity contribution is 5.92. The van der Waals surface area contributed by atoms with Crippen LogP contribution in [0.3, 0.4) is 0 Å². The molecular weight excluding hydrogens is 308 g/mol. The van der Waals surface area contributed by atoms with Crippen molar-refractivity contribution in [2.45, 2.75) is 13.5 Å². The van der Waals surface area contributed by atoms with E-state index in [2.05, 4.69) is 10.6 Å². The van der Waals surface area contributed by atoms with Gasteiger partial charge in [-0.1, -0.05) is 12.1 Å². The summed E-state index contributed by atoms with van der Waals surface area (Å²) in [6, 6.07) is 11.3. The van der Waals surface area contributed by atoms with Gasteiger partial charge in [0.05, 0.1) is 32.7 Å². The van der Waals surface area contributed by atoms with E-state index in [9.17, 15) is 4.79 Å². The fourth-order valence-corrected chi connectivity index (χ4v) is 2.37. The Labute approximate surface area is 141 Å². The van der Waals surface area contributed by atoms with E-state index in [1.165, 1.54) is 6.92 Å². The SMILES string of the molecule is COc1cc(CNc2ccccc2NC(C)=O)cc(OC)c1OC. The number of carbonyl (C=O) groups is 1. The molecule has 0 fully saturated rings. The molecular formula is C18H22N2O4. The number of hydrogen-bond donors (Lipinski definition) is 2. The molecule has 6 nitrogen and oxygen atoms in total. The third-order valence-electron chi connectivity index (χ3n) is 3.45. The van der Waals surface area contributed by atoms with E-state index in [0.29, 0.717) is 23.8 Å². The lowest BCUT2D eigenvalue weighted by Crippen LogP contribution is -2.09. The summed E-state index contributed by atoms with van der Waals surface area (Å²) in [5.74, 6) is 1.65. The molecule has 0 heterocycles. The van der Waals surface area contributed by atoms with E-state index in [4.69, 9.17) is 14.2 Å². The van der Waals surface area contributed by atoms with Crippen molar-refractivity contribution >= 4 is 17.3 Å². The largest absolute Gasteiger partial charge is 0.493 e. The smallest absolute Gasteiger partial charge is 0.221 e. The maximum Gasteiger partial charge on any atom is 0.221 e. The Morgan fingerprint density at radius 2 is 1.54 bits per heavy atom. The van der Waals surface area contributed by atoms with Crippen LogP contribution in [0.4, 0.5) is 11.4 Å². The molecule has 24 heavy (non-hydrogen) atoms. The fourth-order valence-electron chi connectivity index (χ4n) is 2.37. The Hall–Kier alpha value is -2.89. The molecule has 0 spiro atoms. The predicted molar refractivity (Wildman–Crippen MR) is 94.2 cm³/mol. The van der Waals surface area contributed by atoms with Crippen LogP contribution in [0.1, 0.15) is 12.5 Å². The van der Waals surface area contributed by atoms with Crippen molar-refractivity contribution in [3.05, 3.63) is 42.0 Å². The average Bonchev–Trinajstić information content (AvgIpc) is 2.59. The average molecular weight is 330 g/mol. The summed E-state index contributed by atoms with van der Waals surface area (Å²) >= 11 is 0. The first-order valence-electron chi connectivity index (χ1n) is 7.48. The van der Waals surface area contributed by atoms with Gasteiger partial charge in [-0.25, -0.2) is 0 Å². The van der Waals surface area contributed by atoms with Gasteiger partial charge in [-0.2, -0.15) is 0 Å². The number of hydrogen-bond acceptors (Lipinski definition) is 5. The van der Waals surface area contributed by atoms with Crippen LogP contribution in [0.15, 0.2) is 36.4 Å². The Kier molecular flexibility index (Phi) is 5.89. The molecule has 0 radical (unpaired) electrons. The van der Waals surface area contributed by atoms with Crippen molar-refractivity contribution in [1.29, 1.82) is 0 Å². The fraction of sp³-hybridized carbons (Fsp3) is 0.278. The van der Waals surface area contributed by atoms with E-state index in [1.54, 1.807) is 21.3 Å². The van der Waals surface area contributed by atoms with Gasteiger partial charge in [-0.3, -0.25) is 4.79 Å². The molecule has 2 aromatic rings. The number of ether oxygens (including phenoxy) is 3. The van der Waals surface area contributed by atoms with Crippen LogP contribution in [0.5, 0.6) is 17.2 Å². The molecule has 0 aliphatic heterocycles. The molecule has 2 N–H and O–H groups in total. The number of para-hydroxylation sites is 2. The summed E-state index contributed by atoms with van der Waals surface area (Å²) in [5, 5.41) is 6.11. The molecule has 2 aromatic carbocycles. The first kappa shape index (κ1) is 17.5. The predicted octanol–water partition coefficient (Wildman–Crippen LogP) is 3.28. The normalized spacial score (nSPS) is 10.0. The number of benzene rings is 2. The number of methoxy groups -OCH3 is 3. The van der Waals surface area contributed by atoms with Crippen molar-refractivity contribution in [2.24, 2.45) is 0 Å². The van der Waals surface area contributed by atoms with Crippen LogP contribution < -0.4 is 24.8 Å². The standard InChI is InChI=1S/C18H22N2O4/c1-12(21)20-15-8-6-5-7-14(15)19-11-13-9-16(22-2)18(24-4)17(10-13)23-3/h5-10,19H,11H2,1-4H3,(H,20,21). The van der Waals surface area contributed by atoms with Gasteiger partial charge >= 0.3 is 0 Å². The number of rotatable bonds is 7. The van der Waals surface area contributed by atoms with Crippen molar-refractivity contribution in [3.63, 3.8) is 0 Å². The van der Waals surface area contributed by atoms with Gasteiger partial charge < -0.3 is 24.8 Å². The molecule has 2 rings (SSSR count). The summed E-state index contributed by atoms with van der Waals surface area (Å²) in [6.07, 6.45) is 0. The minimum Gasteiger partial charge on any atom is -0.493 e. The van der Waals surface area contributed by atoms with Crippen molar-refractivity contribution in [2.75, 3.05) is 32.0 Å². The molecule has 0 bridgehead atoms. The molecule has 0 atom stereocenters. The van der Waals surface area contributed by atoms with Gasteiger partial charge in [0.25, 0.3) is 0 Å². The van der Waals surface area contributed by atoms with Crippen LogP contribution in [0.25, 0.3) is 0 Å². The second-order valence-corrected chi connectivity index (χ2v) is 5.11. The van der Waals surface area contributed by atoms with E-state index in [-0.39, 0.29) is 5.91 Å². The summed E-state index contributed by atoms with van der Waals surface area (Å²) in [6.45, 7) is 2.02. The molecule has 0 saturated heterocycles. The van der Waals surface area contributed by atoms with E-state index in [0.717, 1.165) is 16.9 Å². The third-order valence-corrected chi connectivity index (χ3v) is 3.45. The molecule has 0 aliphatic carbocycles. The Morgan fingerprint density at radius 1 is 0.958 bits per heavy atom. The lowest BCUT2D eigenvalue weighted by molar-refractivity contribution is -0.114. The second kappa shape index (κ2) is 8.10. The first-order chi connectivity index (χ1) is 11.6. The zero-order chi connectivity index (χ0) is 17.5. The van der Waals surface area contributed by atoms with Crippen LogP contribution in [-0.4, -0.2) is 27.2 Å². The van der Waals surface area contributed by atoms with Crippen LogP contribution in [-0.2, 0) is 11.3 Å². The molecule has 0 aliphatic rings. The quantitative estimate of drug-likeness (QED) is 0.815. The third kappa shape index (κ3) is 4.10. The number of anilines is 2. The lowest BCUT2D eigenvalue weighted by atomic mass is 10.1. The molecule has 6 heteroatoms. The topological polar surface area (TPSA) is 68.8 Å². The minimum atomic E-state index is -0.114. The van der Waals surface area contributed by atoms with Crippen LogP contribution >= 0.6 is 0 Å². The number of carbonyl (C=O) groups excluding carboxylic acids is 1. The summed E-state index contributed by atoms with van der Waals surface area (Å²) in [5.41, 5.74) is 2.53. The Morgan fingerprint density at radius 3 is 2.04 bits per heavy atom. The Bertz CT molecular complexity index is 691. The molecule has 0 aromatic heterocycles. The van der Waals surface area contributed by atoms with Gasteiger partial charge in [0.1, 0.15) is 0 Å². The van der Waals surface area contributed by atoms with Gasteiger partial charge in [-0.15, -0.1) is 0 Å². The summed E-state index contributed by atoms with van der Waals surface area (Å²) in [7, 11) is 4.74. The molecule has 1 amide bonds. The van der Waals surface area contributed by atoms with Crippen molar-refractivity contribution in [1.82, 2.24) is 0 Å². The summed E-state index contributed by atoms with van der Waals surface area (Å²) in [4.78, 5) is 11.3. The van der Waals surface area contributed by atoms with Gasteiger partial charge in [0.15, 0.2) is 11.5 Å². The van der Waals surface area contributed by atoms with Gasteiger partial charge in [0.2, 0.25) is 11.7 Å². The highest BCUT2D eigenvalue weighted by Gasteiger charge is 2.13. The van der Waals surface area contributed by atoms with Crippen molar-refractivity contribution < 1.29 is 19.0 Å².